The van der Waals surface area contributed by atoms with E-state index in [1.165, 1.54) is 17.7 Å². The Bertz CT molecular complexity index is 682. The van der Waals surface area contributed by atoms with Crippen molar-refractivity contribution in [3.05, 3.63) is 47.8 Å². The van der Waals surface area contributed by atoms with Crippen LogP contribution in [0.3, 0.4) is 0 Å². The van der Waals surface area contributed by atoms with E-state index in [1.54, 1.807) is 6.20 Å². The number of nitrogens with zero attached hydrogens (tertiary/aromatic N) is 3. The molecule has 1 aromatic heterocycles. The topological polar surface area (TPSA) is 52.2 Å². The summed E-state index contributed by atoms with van der Waals surface area (Å²) in [5, 5.41) is 7.13. The van der Waals surface area contributed by atoms with Crippen molar-refractivity contribution < 1.29 is 4.79 Å². The van der Waals surface area contributed by atoms with Crippen LogP contribution in [0, 0.1) is 0 Å². The molecule has 1 aromatic carbocycles. The molecule has 23 heavy (non-hydrogen) atoms. The molecule has 0 unspecified atom stereocenters. The average molecular weight is 310 g/mol. The second-order valence-electron chi connectivity index (χ2n) is 6.51. The fourth-order valence-corrected chi connectivity index (χ4v) is 3.82. The second-order valence-corrected chi connectivity index (χ2v) is 6.51. The van der Waals surface area contributed by atoms with Gasteiger partial charge in [-0.2, -0.15) is 5.10 Å². The lowest BCUT2D eigenvalue weighted by Gasteiger charge is -2.32. The van der Waals surface area contributed by atoms with Gasteiger partial charge in [0.05, 0.1) is 6.54 Å². The molecule has 0 bridgehead atoms. The fourth-order valence-electron chi connectivity index (χ4n) is 3.82. The van der Waals surface area contributed by atoms with E-state index in [-0.39, 0.29) is 5.91 Å². The van der Waals surface area contributed by atoms with Crippen LogP contribution in [-0.2, 0) is 11.2 Å². The molecule has 5 nitrogen and oxygen atoms in total. The van der Waals surface area contributed by atoms with Gasteiger partial charge in [0.25, 0.3) is 0 Å². The number of carbonyl (C=O) groups is 1. The monoisotopic (exact) mass is 310 g/mol. The largest absolute Gasteiger partial charge is 0.311 e. The number of rotatable bonds is 3. The number of likely N-dealkylation sites (tertiary alicyclic amines) is 1. The molecule has 2 aliphatic rings. The highest BCUT2D eigenvalue weighted by atomic mass is 16.2. The first-order chi connectivity index (χ1) is 11.3. The maximum atomic E-state index is 12.7. The third-order valence-electron chi connectivity index (χ3n) is 5.01. The molecule has 3 heterocycles. The van der Waals surface area contributed by atoms with E-state index in [0.29, 0.717) is 12.5 Å². The smallest absolute Gasteiger partial charge is 0.241 e. The van der Waals surface area contributed by atoms with Crippen molar-refractivity contribution in [3.8, 4) is 0 Å². The van der Waals surface area contributed by atoms with Crippen LogP contribution >= 0.6 is 0 Å². The number of H-pyrrole nitrogens is 1. The van der Waals surface area contributed by atoms with Gasteiger partial charge in [-0.1, -0.05) is 18.2 Å². The van der Waals surface area contributed by atoms with Gasteiger partial charge in [0, 0.05) is 36.6 Å². The van der Waals surface area contributed by atoms with E-state index >= 15 is 0 Å². The summed E-state index contributed by atoms with van der Waals surface area (Å²) in [7, 11) is 0. The Hall–Kier alpha value is -2.14. The van der Waals surface area contributed by atoms with Crippen LogP contribution in [0.25, 0.3) is 0 Å². The van der Waals surface area contributed by atoms with Crippen LogP contribution in [0.4, 0.5) is 5.69 Å². The van der Waals surface area contributed by atoms with E-state index < -0.39 is 0 Å². The number of aromatic nitrogens is 2. The van der Waals surface area contributed by atoms with Crippen LogP contribution in [-0.4, -0.2) is 47.2 Å². The van der Waals surface area contributed by atoms with Gasteiger partial charge in [0.15, 0.2) is 0 Å². The Morgan fingerprint density at radius 3 is 3.04 bits per heavy atom. The number of benzene rings is 1. The van der Waals surface area contributed by atoms with Crippen molar-refractivity contribution in [1.29, 1.82) is 0 Å². The molecule has 0 radical (unpaired) electrons. The van der Waals surface area contributed by atoms with Gasteiger partial charge in [0.2, 0.25) is 5.91 Å². The van der Waals surface area contributed by atoms with Crippen molar-refractivity contribution in [2.75, 3.05) is 31.1 Å². The number of piperidine rings is 1. The van der Waals surface area contributed by atoms with Gasteiger partial charge in [-0.25, -0.2) is 0 Å². The zero-order valence-corrected chi connectivity index (χ0v) is 13.2. The third kappa shape index (κ3) is 2.88. The molecule has 2 aliphatic heterocycles. The van der Waals surface area contributed by atoms with Crippen molar-refractivity contribution in [1.82, 2.24) is 15.1 Å². The predicted octanol–water partition coefficient (Wildman–Crippen LogP) is 2.18. The standard InChI is InChI=1S/C18H22N4O/c23-18(22-11-8-14-4-1-2-6-17(14)22)13-21-10-3-5-15(12-21)16-7-9-19-20-16/h1-2,4,6-7,9,15H,3,5,8,10-13H2,(H,19,20)/t15-/m1/s1. The summed E-state index contributed by atoms with van der Waals surface area (Å²) >= 11 is 0. The minimum atomic E-state index is 0.222. The van der Waals surface area contributed by atoms with Crippen molar-refractivity contribution in [2.45, 2.75) is 25.2 Å². The summed E-state index contributed by atoms with van der Waals surface area (Å²) in [5.41, 5.74) is 3.57. The van der Waals surface area contributed by atoms with Crippen LogP contribution in [0.2, 0.25) is 0 Å². The van der Waals surface area contributed by atoms with E-state index in [9.17, 15) is 4.79 Å². The molecule has 1 saturated heterocycles. The van der Waals surface area contributed by atoms with E-state index in [0.717, 1.165) is 38.2 Å². The molecule has 1 atom stereocenters. The Morgan fingerprint density at radius 1 is 1.26 bits per heavy atom. The number of para-hydroxylation sites is 1. The zero-order chi connectivity index (χ0) is 15.6. The summed E-state index contributed by atoms with van der Waals surface area (Å²) in [6, 6.07) is 10.3. The SMILES string of the molecule is O=C(CN1CCC[C@@H](c2ccn[nH]2)C1)N1CCc2ccccc21. The number of hydrogen-bond donors (Lipinski definition) is 1. The van der Waals surface area contributed by atoms with E-state index in [4.69, 9.17) is 0 Å². The molecular formula is C18H22N4O. The first-order valence-electron chi connectivity index (χ1n) is 8.41. The van der Waals surface area contributed by atoms with Crippen LogP contribution in [0.1, 0.15) is 30.0 Å². The predicted molar refractivity (Wildman–Crippen MR) is 89.5 cm³/mol. The summed E-state index contributed by atoms with van der Waals surface area (Å²) < 4.78 is 0. The molecular weight excluding hydrogens is 288 g/mol. The first kappa shape index (κ1) is 14.5. The van der Waals surface area contributed by atoms with Gasteiger partial charge < -0.3 is 4.90 Å². The Balaban J connectivity index is 1.41. The van der Waals surface area contributed by atoms with Gasteiger partial charge in [0.1, 0.15) is 0 Å². The summed E-state index contributed by atoms with van der Waals surface area (Å²) in [5.74, 6) is 0.685. The highest BCUT2D eigenvalue weighted by Gasteiger charge is 2.28. The Labute approximate surface area is 136 Å². The molecule has 1 amide bonds. The molecule has 5 heteroatoms. The minimum Gasteiger partial charge on any atom is -0.311 e. The molecule has 1 N–H and O–H groups in total. The van der Waals surface area contributed by atoms with Gasteiger partial charge >= 0.3 is 0 Å². The second kappa shape index (κ2) is 6.16. The number of hydrogen-bond acceptors (Lipinski definition) is 3. The number of amides is 1. The molecule has 0 saturated carbocycles. The summed E-state index contributed by atoms with van der Waals surface area (Å²) in [4.78, 5) is 17.0. The molecule has 4 rings (SSSR count). The summed E-state index contributed by atoms with van der Waals surface area (Å²) in [6.45, 7) is 3.27. The fraction of sp³-hybridized carbons (Fsp3) is 0.444. The molecule has 2 aromatic rings. The zero-order valence-electron chi connectivity index (χ0n) is 13.2. The van der Waals surface area contributed by atoms with Crippen LogP contribution < -0.4 is 4.90 Å². The average Bonchev–Trinajstić information content (AvgIpc) is 3.25. The number of carbonyl (C=O) groups excluding carboxylic acids is 1. The van der Waals surface area contributed by atoms with E-state index in [1.807, 2.05) is 23.1 Å². The quantitative estimate of drug-likeness (QED) is 0.945. The molecule has 1 fully saturated rings. The number of anilines is 1. The van der Waals surface area contributed by atoms with Gasteiger partial charge in [-0.05, 0) is 43.5 Å². The first-order valence-corrected chi connectivity index (χ1v) is 8.41. The number of nitrogens with one attached hydrogen (secondary N) is 1. The highest BCUT2D eigenvalue weighted by Crippen LogP contribution is 2.29. The lowest BCUT2D eigenvalue weighted by Crippen LogP contribution is -2.43. The number of fused-ring (bicyclic) bond motifs is 1. The maximum absolute atomic E-state index is 12.7. The maximum Gasteiger partial charge on any atom is 0.241 e. The lowest BCUT2D eigenvalue weighted by molar-refractivity contribution is -0.119. The minimum absolute atomic E-state index is 0.222. The van der Waals surface area contributed by atoms with Crippen molar-refractivity contribution in [3.63, 3.8) is 0 Å². The van der Waals surface area contributed by atoms with Crippen LogP contribution in [0.15, 0.2) is 36.5 Å². The molecule has 120 valence electrons. The van der Waals surface area contributed by atoms with Crippen LogP contribution in [0.5, 0.6) is 0 Å². The molecule has 0 spiro atoms. The number of aromatic amines is 1. The van der Waals surface area contributed by atoms with Crippen molar-refractivity contribution >= 4 is 11.6 Å². The normalized spacial score (nSPS) is 21.4. The van der Waals surface area contributed by atoms with Crippen molar-refractivity contribution in [2.24, 2.45) is 0 Å². The van der Waals surface area contributed by atoms with E-state index in [2.05, 4.69) is 27.2 Å². The third-order valence-corrected chi connectivity index (χ3v) is 5.01. The Morgan fingerprint density at radius 2 is 2.17 bits per heavy atom. The lowest BCUT2D eigenvalue weighted by atomic mass is 9.95. The van der Waals surface area contributed by atoms with Gasteiger partial charge in [-0.15, -0.1) is 0 Å². The highest BCUT2D eigenvalue weighted by molar-refractivity contribution is 5.96. The molecule has 0 aliphatic carbocycles. The summed E-state index contributed by atoms with van der Waals surface area (Å²) in [6.07, 6.45) is 5.08. The Kier molecular flexibility index (Phi) is 3.87. The van der Waals surface area contributed by atoms with Gasteiger partial charge in [-0.3, -0.25) is 14.8 Å².